The first-order valence-electron chi connectivity index (χ1n) is 7.68. The molecule has 1 aliphatic heterocycles. The molecule has 1 aliphatic carbocycles. The third kappa shape index (κ3) is 2.17. The second kappa shape index (κ2) is 4.70. The zero-order chi connectivity index (χ0) is 15.3. The number of carbonyl (C=O) groups is 1. The van der Waals surface area contributed by atoms with Gasteiger partial charge in [-0.1, -0.05) is 34.6 Å². The predicted octanol–water partition coefficient (Wildman–Crippen LogP) is 2.02. The summed E-state index contributed by atoms with van der Waals surface area (Å²) in [5.41, 5.74) is 5.64. The van der Waals surface area contributed by atoms with Gasteiger partial charge < -0.3 is 15.4 Å². The predicted molar refractivity (Wildman–Crippen MR) is 80.3 cm³/mol. The van der Waals surface area contributed by atoms with E-state index in [4.69, 9.17) is 10.5 Å². The van der Waals surface area contributed by atoms with Crippen molar-refractivity contribution in [1.82, 2.24) is 4.90 Å². The Morgan fingerprint density at radius 3 is 2.55 bits per heavy atom. The van der Waals surface area contributed by atoms with Gasteiger partial charge in [0.15, 0.2) is 0 Å². The second-order valence-corrected chi connectivity index (χ2v) is 8.35. The van der Waals surface area contributed by atoms with Gasteiger partial charge in [-0.15, -0.1) is 0 Å². The van der Waals surface area contributed by atoms with Gasteiger partial charge in [0.1, 0.15) is 5.54 Å². The Bertz CT molecular complexity index is 400. The van der Waals surface area contributed by atoms with Crippen LogP contribution in [0.2, 0.25) is 0 Å². The fourth-order valence-electron chi connectivity index (χ4n) is 4.11. The van der Waals surface area contributed by atoms with Crippen molar-refractivity contribution in [1.29, 1.82) is 0 Å². The summed E-state index contributed by atoms with van der Waals surface area (Å²) in [4.78, 5) is 14.8. The van der Waals surface area contributed by atoms with Gasteiger partial charge in [-0.05, 0) is 18.3 Å². The zero-order valence-electron chi connectivity index (χ0n) is 13.8. The number of hydrogen-bond acceptors (Lipinski definition) is 3. The molecule has 0 radical (unpaired) electrons. The van der Waals surface area contributed by atoms with Crippen molar-refractivity contribution in [3.8, 4) is 0 Å². The van der Waals surface area contributed by atoms with Gasteiger partial charge in [-0.25, -0.2) is 0 Å². The lowest BCUT2D eigenvalue weighted by molar-refractivity contribution is -0.230. The maximum absolute atomic E-state index is 12.9. The molecule has 2 rings (SSSR count). The SMILES string of the molecule is CN(CC(C)(C)C)C(=O)C1(N)C2CCCOC2C1(C)C. The number of nitrogens with zero attached hydrogens (tertiary/aromatic N) is 1. The summed E-state index contributed by atoms with van der Waals surface area (Å²) in [6.07, 6.45) is 2.14. The minimum Gasteiger partial charge on any atom is -0.377 e. The summed E-state index contributed by atoms with van der Waals surface area (Å²) < 4.78 is 5.87. The first kappa shape index (κ1) is 15.8. The Hall–Kier alpha value is -0.610. The Labute approximate surface area is 123 Å². The molecule has 0 aromatic heterocycles. The zero-order valence-corrected chi connectivity index (χ0v) is 13.8. The van der Waals surface area contributed by atoms with Gasteiger partial charge in [0.25, 0.3) is 0 Å². The lowest BCUT2D eigenvalue weighted by Crippen LogP contribution is -2.82. The summed E-state index contributed by atoms with van der Waals surface area (Å²) in [5.74, 6) is 0.241. The van der Waals surface area contributed by atoms with Crippen LogP contribution in [0.1, 0.15) is 47.5 Å². The molecule has 0 bridgehead atoms. The number of amides is 1. The van der Waals surface area contributed by atoms with Crippen molar-refractivity contribution in [2.24, 2.45) is 22.5 Å². The first-order chi connectivity index (χ1) is 9.02. The number of rotatable bonds is 2. The fraction of sp³-hybridized carbons (Fsp3) is 0.938. The summed E-state index contributed by atoms with van der Waals surface area (Å²) in [6, 6.07) is 0. The molecule has 3 atom stereocenters. The first-order valence-corrected chi connectivity index (χ1v) is 7.68. The molecule has 4 heteroatoms. The molecule has 116 valence electrons. The largest absolute Gasteiger partial charge is 0.377 e. The average Bonchev–Trinajstić information content (AvgIpc) is 2.34. The molecule has 1 saturated carbocycles. The number of likely N-dealkylation sites (N-methyl/N-ethyl adjacent to an activating group) is 1. The van der Waals surface area contributed by atoms with Crippen LogP contribution in [0, 0.1) is 16.7 Å². The highest BCUT2D eigenvalue weighted by molar-refractivity contribution is 5.89. The van der Waals surface area contributed by atoms with E-state index in [2.05, 4.69) is 34.6 Å². The molecule has 0 aromatic carbocycles. The van der Waals surface area contributed by atoms with E-state index in [0.29, 0.717) is 0 Å². The molecule has 0 spiro atoms. The number of ether oxygens (including phenoxy) is 1. The van der Waals surface area contributed by atoms with Gasteiger partial charge in [-0.3, -0.25) is 4.79 Å². The van der Waals surface area contributed by atoms with E-state index in [0.717, 1.165) is 26.0 Å². The van der Waals surface area contributed by atoms with Gasteiger partial charge in [0, 0.05) is 31.5 Å². The van der Waals surface area contributed by atoms with Crippen LogP contribution < -0.4 is 5.73 Å². The Kier molecular flexibility index (Phi) is 3.71. The Morgan fingerprint density at radius 2 is 2.00 bits per heavy atom. The van der Waals surface area contributed by atoms with E-state index >= 15 is 0 Å². The van der Waals surface area contributed by atoms with E-state index in [1.165, 1.54) is 0 Å². The third-order valence-electron chi connectivity index (χ3n) is 5.10. The molecule has 1 heterocycles. The molecule has 20 heavy (non-hydrogen) atoms. The summed E-state index contributed by atoms with van der Waals surface area (Å²) >= 11 is 0. The van der Waals surface area contributed by atoms with Crippen LogP contribution >= 0.6 is 0 Å². The van der Waals surface area contributed by atoms with Crippen molar-refractivity contribution in [2.75, 3.05) is 20.2 Å². The number of nitrogens with two attached hydrogens (primary N) is 1. The highest BCUT2D eigenvalue weighted by atomic mass is 16.5. The molecule has 2 aliphatic rings. The van der Waals surface area contributed by atoms with Crippen molar-refractivity contribution in [3.63, 3.8) is 0 Å². The Morgan fingerprint density at radius 1 is 1.40 bits per heavy atom. The van der Waals surface area contributed by atoms with Crippen LogP contribution in [0.4, 0.5) is 0 Å². The van der Waals surface area contributed by atoms with Gasteiger partial charge in [0.2, 0.25) is 5.91 Å². The van der Waals surface area contributed by atoms with Crippen LogP contribution in [-0.2, 0) is 9.53 Å². The molecular weight excluding hydrogens is 252 g/mol. The van der Waals surface area contributed by atoms with Crippen molar-refractivity contribution >= 4 is 5.91 Å². The van der Waals surface area contributed by atoms with Crippen LogP contribution in [0.15, 0.2) is 0 Å². The van der Waals surface area contributed by atoms with E-state index in [-0.39, 0.29) is 28.8 Å². The fourth-order valence-corrected chi connectivity index (χ4v) is 4.11. The standard InChI is InChI=1S/C16H30N2O2/c1-14(2,3)10-18(6)13(19)16(17)11-8-7-9-20-12(11)15(16,4)5/h11-12H,7-10,17H2,1-6H3. The van der Waals surface area contributed by atoms with Crippen LogP contribution in [0.25, 0.3) is 0 Å². The number of carbonyl (C=O) groups excluding carboxylic acids is 1. The van der Waals surface area contributed by atoms with Crippen LogP contribution in [0.5, 0.6) is 0 Å². The van der Waals surface area contributed by atoms with Crippen LogP contribution in [-0.4, -0.2) is 42.6 Å². The lowest BCUT2D eigenvalue weighted by Gasteiger charge is -2.65. The van der Waals surface area contributed by atoms with Crippen molar-refractivity contribution < 1.29 is 9.53 Å². The molecule has 4 nitrogen and oxygen atoms in total. The number of hydrogen-bond donors (Lipinski definition) is 1. The van der Waals surface area contributed by atoms with E-state index in [1.54, 1.807) is 0 Å². The highest BCUT2D eigenvalue weighted by Gasteiger charge is 2.70. The molecular formula is C16H30N2O2. The maximum Gasteiger partial charge on any atom is 0.243 e. The van der Waals surface area contributed by atoms with Crippen molar-refractivity contribution in [2.45, 2.75) is 59.1 Å². The molecule has 3 unspecified atom stereocenters. The third-order valence-corrected chi connectivity index (χ3v) is 5.10. The summed E-state index contributed by atoms with van der Waals surface area (Å²) in [5, 5.41) is 0. The Balaban J connectivity index is 2.19. The quantitative estimate of drug-likeness (QED) is 0.843. The van der Waals surface area contributed by atoms with E-state index in [9.17, 15) is 4.79 Å². The van der Waals surface area contributed by atoms with Crippen molar-refractivity contribution in [3.05, 3.63) is 0 Å². The van der Waals surface area contributed by atoms with Gasteiger partial charge in [-0.2, -0.15) is 0 Å². The molecule has 2 fully saturated rings. The van der Waals surface area contributed by atoms with Gasteiger partial charge >= 0.3 is 0 Å². The smallest absolute Gasteiger partial charge is 0.243 e. The topological polar surface area (TPSA) is 55.6 Å². The maximum atomic E-state index is 12.9. The number of fused-ring (bicyclic) bond motifs is 1. The monoisotopic (exact) mass is 282 g/mol. The van der Waals surface area contributed by atoms with Crippen LogP contribution in [0.3, 0.4) is 0 Å². The highest BCUT2D eigenvalue weighted by Crippen LogP contribution is 2.57. The average molecular weight is 282 g/mol. The molecule has 0 aromatic rings. The molecule has 1 saturated heterocycles. The lowest BCUT2D eigenvalue weighted by atomic mass is 9.46. The minimum atomic E-state index is -0.780. The normalized spacial score (nSPS) is 36.0. The second-order valence-electron chi connectivity index (χ2n) is 8.35. The van der Waals surface area contributed by atoms with E-state index in [1.807, 2.05) is 11.9 Å². The molecule has 2 N–H and O–H groups in total. The van der Waals surface area contributed by atoms with E-state index < -0.39 is 5.54 Å². The summed E-state index contributed by atoms with van der Waals surface area (Å²) in [6.45, 7) is 12.1. The minimum absolute atomic E-state index is 0.0733. The summed E-state index contributed by atoms with van der Waals surface area (Å²) in [7, 11) is 1.87. The molecule has 1 amide bonds. The van der Waals surface area contributed by atoms with Gasteiger partial charge in [0.05, 0.1) is 6.10 Å².